The van der Waals surface area contributed by atoms with Gasteiger partial charge in [-0.3, -0.25) is 5.32 Å². The predicted molar refractivity (Wildman–Crippen MR) is 81.2 cm³/mol. The molecule has 3 N–H and O–H groups in total. The van der Waals surface area contributed by atoms with Gasteiger partial charge in [-0.1, -0.05) is 13.8 Å². The first-order valence-corrected chi connectivity index (χ1v) is 7.92. The molecule has 1 atom stereocenters. The smallest absolute Gasteiger partial charge is 0.321 e. The van der Waals surface area contributed by atoms with E-state index < -0.39 is 0 Å². The fourth-order valence-electron chi connectivity index (χ4n) is 2.24. The quantitative estimate of drug-likeness (QED) is 0.755. The number of aliphatic hydroxyl groups is 1. The van der Waals surface area contributed by atoms with Gasteiger partial charge in [-0.05, 0) is 31.6 Å². The van der Waals surface area contributed by atoms with E-state index in [-0.39, 0.29) is 17.6 Å². The lowest BCUT2D eigenvalue weighted by molar-refractivity contribution is 0.129. The molecule has 0 bridgehead atoms. The van der Waals surface area contributed by atoms with Crippen LogP contribution in [0.2, 0.25) is 0 Å². The maximum atomic E-state index is 11.8. The van der Waals surface area contributed by atoms with Crippen LogP contribution < -0.4 is 10.6 Å². The van der Waals surface area contributed by atoms with Crippen molar-refractivity contribution in [1.29, 1.82) is 0 Å². The van der Waals surface area contributed by atoms with E-state index >= 15 is 0 Å². The summed E-state index contributed by atoms with van der Waals surface area (Å²) in [6.45, 7) is 6.32. The van der Waals surface area contributed by atoms with Gasteiger partial charge in [0.2, 0.25) is 0 Å². The molecule has 6 heteroatoms. The van der Waals surface area contributed by atoms with E-state index in [1.54, 1.807) is 6.92 Å². The molecule has 2 amide bonds. The molecule has 1 saturated carbocycles. The van der Waals surface area contributed by atoms with Crippen LogP contribution in [0.15, 0.2) is 5.38 Å². The average Bonchev–Trinajstić information content (AvgIpc) is 3.07. The first-order chi connectivity index (χ1) is 9.35. The number of rotatable bonds is 6. The Bertz CT molecular complexity index is 467. The Kier molecular flexibility index (Phi) is 4.65. The van der Waals surface area contributed by atoms with Crippen molar-refractivity contribution >= 4 is 22.5 Å². The Morgan fingerprint density at radius 3 is 2.90 bits per heavy atom. The van der Waals surface area contributed by atoms with Crippen molar-refractivity contribution in [2.75, 3.05) is 11.9 Å². The first kappa shape index (κ1) is 15.3. The first-order valence-electron chi connectivity index (χ1n) is 7.04. The van der Waals surface area contributed by atoms with Gasteiger partial charge in [-0.25, -0.2) is 9.78 Å². The number of nitrogens with zero attached hydrogens (tertiary/aromatic N) is 1. The number of urea groups is 1. The summed E-state index contributed by atoms with van der Waals surface area (Å²) in [7, 11) is 0. The molecule has 0 aliphatic heterocycles. The number of anilines is 1. The zero-order valence-electron chi connectivity index (χ0n) is 12.3. The van der Waals surface area contributed by atoms with Gasteiger partial charge in [0, 0.05) is 17.8 Å². The van der Waals surface area contributed by atoms with E-state index in [9.17, 15) is 9.90 Å². The highest BCUT2D eigenvalue weighted by molar-refractivity contribution is 7.13. The Balaban J connectivity index is 1.76. The van der Waals surface area contributed by atoms with Gasteiger partial charge >= 0.3 is 6.03 Å². The van der Waals surface area contributed by atoms with E-state index in [0.717, 1.165) is 5.69 Å². The Labute approximate surface area is 123 Å². The molecule has 1 aliphatic rings. The Morgan fingerprint density at radius 2 is 2.30 bits per heavy atom. The van der Waals surface area contributed by atoms with E-state index in [1.807, 2.05) is 19.2 Å². The van der Waals surface area contributed by atoms with E-state index in [1.165, 1.54) is 24.2 Å². The second-order valence-electron chi connectivity index (χ2n) is 6.38. The van der Waals surface area contributed by atoms with Crippen molar-refractivity contribution in [2.24, 2.45) is 5.41 Å². The molecule has 1 fully saturated rings. The average molecular weight is 297 g/mol. The highest BCUT2D eigenvalue weighted by atomic mass is 32.1. The number of aliphatic hydroxyl groups excluding tert-OH is 1. The lowest BCUT2D eigenvalue weighted by Crippen LogP contribution is -2.38. The fourth-order valence-corrected chi connectivity index (χ4v) is 3.03. The van der Waals surface area contributed by atoms with Crippen LogP contribution in [0.1, 0.15) is 51.6 Å². The third kappa shape index (κ3) is 4.76. The van der Waals surface area contributed by atoms with Crippen LogP contribution in [0.25, 0.3) is 0 Å². The number of hydrogen-bond donors (Lipinski definition) is 3. The molecule has 1 aliphatic carbocycles. The van der Waals surface area contributed by atoms with Gasteiger partial charge in [-0.15, -0.1) is 11.3 Å². The summed E-state index contributed by atoms with van der Waals surface area (Å²) in [5, 5.41) is 17.7. The molecule has 1 aromatic rings. The van der Waals surface area contributed by atoms with Crippen molar-refractivity contribution in [2.45, 2.75) is 52.1 Å². The number of carbonyl (C=O) groups is 1. The fraction of sp³-hybridized carbons (Fsp3) is 0.714. The van der Waals surface area contributed by atoms with Crippen LogP contribution in [0.4, 0.5) is 9.93 Å². The standard InChI is InChI=1S/C14H23N3O2S/c1-9(18)6-14(2,3)8-15-12(19)17-13-16-11(7-20-13)10-4-5-10/h7,9-10,18H,4-6,8H2,1-3H3,(H2,15,16,17,19). The molecule has 5 nitrogen and oxygen atoms in total. The summed E-state index contributed by atoms with van der Waals surface area (Å²) in [5.41, 5.74) is 0.966. The van der Waals surface area contributed by atoms with Crippen LogP contribution in [-0.4, -0.2) is 28.8 Å². The number of amides is 2. The maximum absolute atomic E-state index is 11.8. The van der Waals surface area contributed by atoms with E-state index in [2.05, 4.69) is 15.6 Å². The third-order valence-electron chi connectivity index (χ3n) is 3.31. The summed E-state index contributed by atoms with van der Waals surface area (Å²) in [5.74, 6) is 0.606. The van der Waals surface area contributed by atoms with Gasteiger partial charge in [0.05, 0.1) is 11.8 Å². The second-order valence-corrected chi connectivity index (χ2v) is 7.23. The molecule has 0 saturated heterocycles. The summed E-state index contributed by atoms with van der Waals surface area (Å²) in [6.07, 6.45) is 2.71. The van der Waals surface area contributed by atoms with Gasteiger partial charge in [0.15, 0.2) is 5.13 Å². The van der Waals surface area contributed by atoms with Crippen molar-refractivity contribution in [3.63, 3.8) is 0 Å². The summed E-state index contributed by atoms with van der Waals surface area (Å²) in [4.78, 5) is 16.2. The minimum absolute atomic E-state index is 0.131. The number of carbonyl (C=O) groups excluding carboxylic acids is 1. The maximum Gasteiger partial charge on any atom is 0.321 e. The molecule has 1 heterocycles. The van der Waals surface area contributed by atoms with Crippen LogP contribution in [0.3, 0.4) is 0 Å². The van der Waals surface area contributed by atoms with Gasteiger partial charge < -0.3 is 10.4 Å². The number of nitrogens with one attached hydrogen (secondary N) is 2. The SMILES string of the molecule is CC(O)CC(C)(C)CNC(=O)Nc1nc(C2CC2)cs1. The molecule has 2 rings (SSSR count). The highest BCUT2D eigenvalue weighted by Gasteiger charge is 2.26. The van der Waals surface area contributed by atoms with Crippen LogP contribution >= 0.6 is 11.3 Å². The van der Waals surface area contributed by atoms with Crippen molar-refractivity contribution in [1.82, 2.24) is 10.3 Å². The minimum atomic E-state index is -0.366. The zero-order chi connectivity index (χ0) is 14.8. The third-order valence-corrected chi connectivity index (χ3v) is 4.09. The van der Waals surface area contributed by atoms with Crippen LogP contribution in [-0.2, 0) is 0 Å². The lowest BCUT2D eigenvalue weighted by atomic mass is 9.87. The zero-order valence-corrected chi connectivity index (χ0v) is 13.1. The number of thiazole rings is 1. The predicted octanol–water partition coefficient (Wildman–Crippen LogP) is 2.94. The Morgan fingerprint density at radius 1 is 1.60 bits per heavy atom. The Hall–Kier alpha value is -1.14. The largest absolute Gasteiger partial charge is 0.393 e. The summed E-state index contributed by atoms with van der Waals surface area (Å²) in [6, 6.07) is -0.236. The number of hydrogen-bond acceptors (Lipinski definition) is 4. The van der Waals surface area contributed by atoms with Crippen molar-refractivity contribution in [3.8, 4) is 0 Å². The number of aromatic nitrogens is 1. The molecule has 20 heavy (non-hydrogen) atoms. The van der Waals surface area contributed by atoms with Crippen LogP contribution in [0, 0.1) is 5.41 Å². The summed E-state index contributed by atoms with van der Waals surface area (Å²) >= 11 is 1.47. The topological polar surface area (TPSA) is 74.2 Å². The molecule has 0 radical (unpaired) electrons. The van der Waals surface area contributed by atoms with Gasteiger partial charge in [-0.2, -0.15) is 0 Å². The van der Waals surface area contributed by atoms with Crippen LogP contribution in [0.5, 0.6) is 0 Å². The second kappa shape index (κ2) is 6.10. The highest BCUT2D eigenvalue weighted by Crippen LogP contribution is 2.40. The lowest BCUT2D eigenvalue weighted by Gasteiger charge is -2.26. The monoisotopic (exact) mass is 297 g/mol. The molecule has 0 spiro atoms. The van der Waals surface area contributed by atoms with Crippen molar-refractivity contribution in [3.05, 3.63) is 11.1 Å². The molecule has 1 aromatic heterocycles. The van der Waals surface area contributed by atoms with E-state index in [0.29, 0.717) is 24.0 Å². The normalized spacial score (nSPS) is 16.8. The van der Waals surface area contributed by atoms with Gasteiger partial charge in [0.1, 0.15) is 0 Å². The molecular weight excluding hydrogens is 274 g/mol. The van der Waals surface area contributed by atoms with Crippen molar-refractivity contribution < 1.29 is 9.90 Å². The minimum Gasteiger partial charge on any atom is -0.393 e. The summed E-state index contributed by atoms with van der Waals surface area (Å²) < 4.78 is 0. The molecular formula is C14H23N3O2S. The molecule has 1 unspecified atom stereocenters. The molecule has 112 valence electrons. The van der Waals surface area contributed by atoms with Gasteiger partial charge in [0.25, 0.3) is 0 Å². The molecule has 0 aromatic carbocycles. The van der Waals surface area contributed by atoms with E-state index in [4.69, 9.17) is 0 Å².